The summed E-state index contributed by atoms with van der Waals surface area (Å²) in [5.74, 6) is -0.326. The van der Waals surface area contributed by atoms with E-state index in [1.807, 2.05) is 48.7 Å². The van der Waals surface area contributed by atoms with Crippen molar-refractivity contribution in [2.24, 2.45) is 7.05 Å². The quantitative estimate of drug-likeness (QED) is 0.787. The minimum Gasteiger partial charge on any atom is -0.458 e. The Morgan fingerprint density at radius 1 is 1.19 bits per heavy atom. The molecule has 2 aromatic heterocycles. The van der Waals surface area contributed by atoms with Crippen molar-refractivity contribution in [2.75, 3.05) is 0 Å². The molecule has 0 saturated carbocycles. The van der Waals surface area contributed by atoms with Crippen LogP contribution in [-0.2, 0) is 23.1 Å². The number of ether oxygens (including phenoxy) is 1. The normalized spacial score (nSPS) is 20.8. The van der Waals surface area contributed by atoms with Crippen LogP contribution in [0.5, 0.6) is 0 Å². The number of hydrogen-bond donors (Lipinski definition) is 0. The van der Waals surface area contributed by atoms with Gasteiger partial charge in [-0.25, -0.2) is 4.79 Å². The summed E-state index contributed by atoms with van der Waals surface area (Å²) in [5.41, 5.74) is 2.24. The van der Waals surface area contributed by atoms with Crippen LogP contribution in [0.4, 0.5) is 0 Å². The molecule has 1 aliphatic heterocycles. The second-order valence-corrected chi connectivity index (χ2v) is 7.70. The second kappa shape index (κ2) is 7.17. The van der Waals surface area contributed by atoms with Crippen LogP contribution in [0, 0.1) is 0 Å². The molecule has 0 aliphatic carbocycles. The van der Waals surface area contributed by atoms with Gasteiger partial charge < -0.3 is 18.8 Å². The monoisotopic (exact) mass is 359 g/mol. The van der Waals surface area contributed by atoms with E-state index in [0.717, 1.165) is 30.3 Å². The lowest BCUT2D eigenvalue weighted by atomic mass is 9.97. The molecule has 0 N–H and O–H groups in total. The fourth-order valence-corrected chi connectivity index (χ4v) is 4.01. The number of likely N-dealkylation sites (tertiary alicyclic amines) is 1. The standard InChI is InChI=1S/C20H29N3O3/c1-13(2)26-20(25)18-11-17-16(9-10-21(17)5)22(18)12-19(24)23-14(3)7-6-8-15(23)4/h9-11,13-15H,6-8,12H2,1-5H3/t14-,15-/m0/s1. The van der Waals surface area contributed by atoms with Crippen molar-refractivity contribution >= 4 is 22.9 Å². The van der Waals surface area contributed by atoms with Crippen LogP contribution in [0.15, 0.2) is 18.3 Å². The van der Waals surface area contributed by atoms with E-state index < -0.39 is 0 Å². The SMILES string of the molecule is CC(C)OC(=O)c1cc2c(ccn2C)n1CC(=O)N1[C@@H](C)CCC[C@@H]1C. The van der Waals surface area contributed by atoms with Crippen LogP contribution in [0.2, 0.25) is 0 Å². The number of piperidine rings is 1. The third kappa shape index (κ3) is 3.37. The van der Waals surface area contributed by atoms with Gasteiger partial charge in [-0.2, -0.15) is 0 Å². The molecular formula is C20H29N3O3. The average molecular weight is 359 g/mol. The fourth-order valence-electron chi connectivity index (χ4n) is 4.01. The summed E-state index contributed by atoms with van der Waals surface area (Å²) < 4.78 is 9.15. The van der Waals surface area contributed by atoms with Crippen LogP contribution >= 0.6 is 0 Å². The van der Waals surface area contributed by atoms with Gasteiger partial charge in [0.1, 0.15) is 12.2 Å². The number of hydrogen-bond acceptors (Lipinski definition) is 3. The molecule has 0 bridgehead atoms. The van der Waals surface area contributed by atoms with Crippen LogP contribution in [-0.4, -0.2) is 44.1 Å². The third-order valence-corrected chi connectivity index (χ3v) is 5.28. The smallest absolute Gasteiger partial charge is 0.355 e. The molecule has 0 radical (unpaired) electrons. The molecular weight excluding hydrogens is 330 g/mol. The molecule has 1 fully saturated rings. The molecule has 0 unspecified atom stereocenters. The van der Waals surface area contributed by atoms with E-state index in [2.05, 4.69) is 13.8 Å². The molecule has 3 heterocycles. The van der Waals surface area contributed by atoms with E-state index in [1.54, 1.807) is 4.57 Å². The molecule has 142 valence electrons. The molecule has 2 aromatic rings. The van der Waals surface area contributed by atoms with Gasteiger partial charge in [0.25, 0.3) is 0 Å². The summed E-state index contributed by atoms with van der Waals surface area (Å²) in [6.45, 7) is 8.02. The van der Waals surface area contributed by atoms with Gasteiger partial charge >= 0.3 is 5.97 Å². The Labute approximate surface area is 154 Å². The van der Waals surface area contributed by atoms with Gasteiger partial charge in [-0.1, -0.05) is 0 Å². The van der Waals surface area contributed by atoms with E-state index in [0.29, 0.717) is 5.69 Å². The number of amides is 1. The largest absolute Gasteiger partial charge is 0.458 e. The first-order valence-electron chi connectivity index (χ1n) is 9.46. The summed E-state index contributed by atoms with van der Waals surface area (Å²) in [6.07, 6.45) is 4.96. The number of aryl methyl sites for hydroxylation is 1. The lowest BCUT2D eigenvalue weighted by Crippen LogP contribution is -2.48. The van der Waals surface area contributed by atoms with Crippen molar-refractivity contribution in [3.05, 3.63) is 24.0 Å². The number of esters is 1. The third-order valence-electron chi connectivity index (χ3n) is 5.28. The predicted octanol–water partition coefficient (Wildman–Crippen LogP) is 3.33. The molecule has 3 rings (SSSR count). The van der Waals surface area contributed by atoms with E-state index in [9.17, 15) is 9.59 Å². The van der Waals surface area contributed by atoms with Crippen molar-refractivity contribution in [2.45, 2.75) is 71.7 Å². The van der Waals surface area contributed by atoms with Crippen molar-refractivity contribution in [1.82, 2.24) is 14.0 Å². The van der Waals surface area contributed by atoms with Crippen molar-refractivity contribution in [3.63, 3.8) is 0 Å². The molecule has 6 heteroatoms. The van der Waals surface area contributed by atoms with E-state index >= 15 is 0 Å². The lowest BCUT2D eigenvalue weighted by Gasteiger charge is -2.39. The Balaban J connectivity index is 1.95. The van der Waals surface area contributed by atoms with Gasteiger partial charge in [-0.15, -0.1) is 0 Å². The van der Waals surface area contributed by atoms with E-state index in [4.69, 9.17) is 4.74 Å². The zero-order valence-corrected chi connectivity index (χ0v) is 16.4. The Hall–Kier alpha value is -2.24. The Morgan fingerprint density at radius 3 is 2.46 bits per heavy atom. The summed E-state index contributed by atoms with van der Waals surface area (Å²) >= 11 is 0. The molecule has 26 heavy (non-hydrogen) atoms. The maximum Gasteiger partial charge on any atom is 0.355 e. The van der Waals surface area contributed by atoms with Gasteiger partial charge in [0.2, 0.25) is 5.91 Å². The Bertz CT molecular complexity index is 808. The Morgan fingerprint density at radius 2 is 1.85 bits per heavy atom. The van der Waals surface area contributed by atoms with Crippen molar-refractivity contribution in [3.8, 4) is 0 Å². The van der Waals surface area contributed by atoms with Crippen LogP contribution in [0.25, 0.3) is 11.0 Å². The summed E-state index contributed by atoms with van der Waals surface area (Å²) in [5, 5.41) is 0. The molecule has 0 aromatic carbocycles. The van der Waals surface area contributed by atoms with Crippen molar-refractivity contribution in [1.29, 1.82) is 0 Å². The van der Waals surface area contributed by atoms with Crippen molar-refractivity contribution < 1.29 is 14.3 Å². The number of carbonyl (C=O) groups is 2. The average Bonchev–Trinajstić information content (AvgIpc) is 3.07. The highest BCUT2D eigenvalue weighted by Gasteiger charge is 2.30. The first kappa shape index (κ1) is 18.5. The molecule has 1 saturated heterocycles. The summed E-state index contributed by atoms with van der Waals surface area (Å²) in [7, 11) is 1.93. The minimum atomic E-state index is -0.385. The highest BCUT2D eigenvalue weighted by Crippen LogP contribution is 2.25. The van der Waals surface area contributed by atoms with Gasteiger partial charge in [0.15, 0.2) is 0 Å². The topological polar surface area (TPSA) is 56.5 Å². The van der Waals surface area contributed by atoms with Crippen LogP contribution in [0.3, 0.4) is 0 Å². The van der Waals surface area contributed by atoms with Gasteiger partial charge in [0, 0.05) is 25.3 Å². The van der Waals surface area contributed by atoms with E-state index in [1.165, 1.54) is 0 Å². The lowest BCUT2D eigenvalue weighted by molar-refractivity contribution is -0.137. The highest BCUT2D eigenvalue weighted by molar-refractivity contribution is 5.96. The minimum absolute atomic E-state index is 0.0599. The van der Waals surface area contributed by atoms with Gasteiger partial charge in [0.05, 0.1) is 17.1 Å². The number of nitrogens with zero attached hydrogens (tertiary/aromatic N) is 3. The second-order valence-electron chi connectivity index (χ2n) is 7.70. The molecule has 6 nitrogen and oxygen atoms in total. The number of carbonyl (C=O) groups excluding carboxylic acids is 2. The zero-order valence-electron chi connectivity index (χ0n) is 16.4. The maximum absolute atomic E-state index is 13.1. The number of fused-ring (bicyclic) bond motifs is 1. The predicted molar refractivity (Wildman–Crippen MR) is 101 cm³/mol. The molecule has 1 aliphatic rings. The fraction of sp³-hybridized carbons (Fsp3) is 0.600. The number of rotatable bonds is 4. The van der Waals surface area contributed by atoms with Crippen LogP contribution in [0.1, 0.15) is 57.4 Å². The summed E-state index contributed by atoms with van der Waals surface area (Å²) in [6, 6.07) is 4.23. The Kier molecular flexibility index (Phi) is 5.12. The first-order chi connectivity index (χ1) is 12.3. The molecule has 1 amide bonds. The van der Waals surface area contributed by atoms with Gasteiger partial charge in [-0.05, 0) is 59.1 Å². The number of aromatic nitrogens is 2. The first-order valence-corrected chi connectivity index (χ1v) is 9.46. The van der Waals surface area contributed by atoms with Gasteiger partial charge in [-0.3, -0.25) is 4.79 Å². The van der Waals surface area contributed by atoms with Crippen LogP contribution < -0.4 is 0 Å². The van der Waals surface area contributed by atoms with E-state index in [-0.39, 0.29) is 36.6 Å². The molecule has 2 atom stereocenters. The summed E-state index contributed by atoms with van der Waals surface area (Å²) in [4.78, 5) is 27.6. The molecule has 0 spiro atoms. The highest BCUT2D eigenvalue weighted by atomic mass is 16.5. The zero-order chi connectivity index (χ0) is 19.0. The maximum atomic E-state index is 13.1.